The molecule has 0 N–H and O–H groups in total. The second-order valence-electron chi connectivity index (χ2n) is 17.4. The van der Waals surface area contributed by atoms with Crippen LogP contribution in [0.4, 0.5) is 0 Å². The zero-order chi connectivity index (χ0) is 40.5. The average Bonchev–Trinajstić information content (AvgIpc) is 3.17. The molecule has 0 bridgehead atoms. The van der Waals surface area contributed by atoms with Crippen LogP contribution in [0.5, 0.6) is 0 Å². The highest BCUT2D eigenvalue weighted by atomic mass is 16.5. The van der Waals surface area contributed by atoms with Crippen LogP contribution in [0.15, 0.2) is 12.2 Å². The number of carbonyl (C=O) groups excluding carboxylic acids is 2. The van der Waals surface area contributed by atoms with Crippen molar-refractivity contribution in [2.24, 2.45) is 5.92 Å². The van der Waals surface area contributed by atoms with E-state index in [0.717, 1.165) is 70.9 Å². The third-order valence-electron chi connectivity index (χ3n) is 11.8. The van der Waals surface area contributed by atoms with Crippen molar-refractivity contribution >= 4 is 11.9 Å². The van der Waals surface area contributed by atoms with E-state index in [1.807, 2.05) is 6.08 Å². The monoisotopic (exact) mass is 775 g/mol. The Hall–Kier alpha value is -1.36. The molecular formula is C50H98N2O3. The first kappa shape index (κ1) is 53.6. The fourth-order valence-electron chi connectivity index (χ4n) is 8.09. The summed E-state index contributed by atoms with van der Waals surface area (Å²) in [5.41, 5.74) is 0. The molecule has 0 saturated carbocycles. The summed E-state index contributed by atoms with van der Waals surface area (Å²) < 4.78 is 5.68. The molecule has 0 aliphatic carbocycles. The van der Waals surface area contributed by atoms with Gasteiger partial charge in [0.2, 0.25) is 5.91 Å². The van der Waals surface area contributed by atoms with E-state index < -0.39 is 0 Å². The maximum absolute atomic E-state index is 13.8. The number of nitrogens with zero attached hydrogens (tertiary/aromatic N) is 2. The van der Waals surface area contributed by atoms with Crippen molar-refractivity contribution in [2.45, 2.75) is 258 Å². The van der Waals surface area contributed by atoms with Crippen molar-refractivity contribution in [3.8, 4) is 0 Å². The molecule has 55 heavy (non-hydrogen) atoms. The molecule has 326 valence electrons. The van der Waals surface area contributed by atoms with Gasteiger partial charge in [0.05, 0.1) is 6.61 Å². The van der Waals surface area contributed by atoms with Gasteiger partial charge in [0.15, 0.2) is 0 Å². The molecule has 0 rings (SSSR count). The maximum Gasteiger partial charge on any atom is 0.330 e. The Labute approximate surface area is 345 Å². The molecule has 1 unspecified atom stereocenters. The smallest absolute Gasteiger partial charge is 0.330 e. The van der Waals surface area contributed by atoms with Crippen LogP contribution in [0.3, 0.4) is 0 Å². The Balaban J connectivity index is 5.11. The van der Waals surface area contributed by atoms with Crippen LogP contribution in [0.1, 0.15) is 252 Å². The number of ether oxygens (including phenoxy) is 1. The highest BCUT2D eigenvalue weighted by Gasteiger charge is 2.22. The molecule has 0 aromatic rings. The Morgan fingerprint density at radius 2 is 0.927 bits per heavy atom. The lowest BCUT2D eigenvalue weighted by Gasteiger charge is -2.33. The van der Waals surface area contributed by atoms with E-state index in [0.29, 0.717) is 30.9 Å². The number of unbranched alkanes of at least 4 members (excludes halogenated alkanes) is 23. The number of hydrogen-bond acceptors (Lipinski definition) is 4. The lowest BCUT2D eigenvalue weighted by molar-refractivity contribution is -0.138. The van der Waals surface area contributed by atoms with Crippen molar-refractivity contribution in [3.05, 3.63) is 12.2 Å². The lowest BCUT2D eigenvalue weighted by atomic mass is 9.92. The van der Waals surface area contributed by atoms with E-state index in [1.165, 1.54) is 161 Å². The zero-order valence-corrected chi connectivity index (χ0v) is 38.3. The van der Waals surface area contributed by atoms with E-state index >= 15 is 0 Å². The molecule has 5 nitrogen and oxygen atoms in total. The largest absolute Gasteiger partial charge is 0.463 e. The van der Waals surface area contributed by atoms with E-state index in [2.05, 4.69) is 51.6 Å². The average molecular weight is 775 g/mol. The summed E-state index contributed by atoms with van der Waals surface area (Å²) in [7, 11) is 4.24. The third kappa shape index (κ3) is 36.7. The van der Waals surface area contributed by atoms with E-state index in [1.54, 1.807) is 6.08 Å². The van der Waals surface area contributed by atoms with Crippen LogP contribution in [0, 0.1) is 5.92 Å². The minimum Gasteiger partial charge on any atom is -0.463 e. The van der Waals surface area contributed by atoms with E-state index in [4.69, 9.17) is 4.74 Å². The molecule has 0 fully saturated rings. The zero-order valence-electron chi connectivity index (χ0n) is 38.3. The van der Waals surface area contributed by atoms with Crippen LogP contribution in [0.25, 0.3) is 0 Å². The van der Waals surface area contributed by atoms with Crippen molar-refractivity contribution in [1.29, 1.82) is 0 Å². The molecule has 1 atom stereocenters. The van der Waals surface area contributed by atoms with E-state index in [9.17, 15) is 9.59 Å². The van der Waals surface area contributed by atoms with Crippen LogP contribution in [0.2, 0.25) is 0 Å². The highest BCUT2D eigenvalue weighted by molar-refractivity contribution is 5.81. The molecule has 5 heteroatoms. The number of amides is 1. The number of hydrogen-bond donors (Lipinski definition) is 0. The molecule has 1 amide bonds. The topological polar surface area (TPSA) is 49.9 Å². The Kier molecular flexibility index (Phi) is 41.2. The molecule has 0 spiro atoms. The van der Waals surface area contributed by atoms with Gasteiger partial charge in [-0.1, -0.05) is 201 Å². The molecule has 0 saturated heterocycles. The molecule has 0 aliphatic rings. The summed E-state index contributed by atoms with van der Waals surface area (Å²) in [6, 6.07) is 0.344. The summed E-state index contributed by atoms with van der Waals surface area (Å²) >= 11 is 0. The van der Waals surface area contributed by atoms with Crippen LogP contribution >= 0.6 is 0 Å². The normalized spacial score (nSPS) is 12.4. The first-order chi connectivity index (χ1) is 26.9. The summed E-state index contributed by atoms with van der Waals surface area (Å²) in [6.07, 6.45) is 46.7. The lowest BCUT2D eigenvalue weighted by Crippen LogP contribution is -2.41. The molecule has 0 radical (unpaired) electrons. The summed E-state index contributed by atoms with van der Waals surface area (Å²) in [4.78, 5) is 31.0. The van der Waals surface area contributed by atoms with Crippen LogP contribution < -0.4 is 0 Å². The van der Waals surface area contributed by atoms with Crippen molar-refractivity contribution in [2.75, 3.05) is 33.8 Å². The van der Waals surface area contributed by atoms with Gasteiger partial charge in [0.25, 0.3) is 0 Å². The van der Waals surface area contributed by atoms with Gasteiger partial charge in [0.1, 0.15) is 0 Å². The van der Waals surface area contributed by atoms with Gasteiger partial charge in [-0.25, -0.2) is 4.79 Å². The molecular weight excluding hydrogens is 677 g/mol. The van der Waals surface area contributed by atoms with Gasteiger partial charge < -0.3 is 14.5 Å². The number of rotatable bonds is 43. The minimum atomic E-state index is -0.181. The number of carbonyl (C=O) groups is 2. The van der Waals surface area contributed by atoms with Gasteiger partial charge in [-0.15, -0.1) is 0 Å². The van der Waals surface area contributed by atoms with E-state index in [-0.39, 0.29) is 5.97 Å². The summed E-state index contributed by atoms with van der Waals surface area (Å²) in [5.74, 6) is 0.891. The predicted molar refractivity (Wildman–Crippen MR) is 242 cm³/mol. The Bertz CT molecular complexity index is 831. The fraction of sp³-hybridized carbons (Fsp3) is 0.920. The second-order valence-corrected chi connectivity index (χ2v) is 17.4. The van der Waals surface area contributed by atoms with Crippen LogP contribution in [-0.4, -0.2) is 61.5 Å². The first-order valence-electron chi connectivity index (χ1n) is 24.7. The maximum atomic E-state index is 13.8. The highest BCUT2D eigenvalue weighted by Crippen LogP contribution is 2.23. The SMILES string of the molecule is CCCCCCCCCCC(CCCCC=CC(=O)OCCC(CCCCCC)CCCCCC)N(CCCCCCCCCC)C(=O)CCCCN(C)C. The molecule has 0 aliphatic heterocycles. The van der Waals surface area contributed by atoms with Crippen molar-refractivity contribution < 1.29 is 14.3 Å². The quantitative estimate of drug-likeness (QED) is 0.0352. The minimum absolute atomic E-state index is 0.181. The molecule has 0 aromatic carbocycles. The standard InChI is InChI=1S/C50H98N2O3/c1-7-11-15-19-21-23-25-31-39-48(52(49(53)41-34-36-44-51(5)6)45-35-28-24-22-20-16-12-8-2)40-32-26-27-33-42-50(54)55-46-43-47(37-29-17-13-9-3)38-30-18-14-10-4/h33,42,47-48H,7-32,34-41,43-46H2,1-6H3. The van der Waals surface area contributed by atoms with Gasteiger partial charge in [-0.3, -0.25) is 4.79 Å². The van der Waals surface area contributed by atoms with Crippen LogP contribution in [-0.2, 0) is 14.3 Å². The first-order valence-corrected chi connectivity index (χ1v) is 24.7. The van der Waals surface area contributed by atoms with Crippen molar-refractivity contribution in [3.63, 3.8) is 0 Å². The van der Waals surface area contributed by atoms with Gasteiger partial charge >= 0.3 is 5.97 Å². The van der Waals surface area contributed by atoms with Crippen molar-refractivity contribution in [1.82, 2.24) is 9.80 Å². The third-order valence-corrected chi connectivity index (χ3v) is 11.8. The van der Waals surface area contributed by atoms with Gasteiger partial charge in [-0.2, -0.15) is 0 Å². The molecule has 0 heterocycles. The molecule has 0 aromatic heterocycles. The predicted octanol–water partition coefficient (Wildman–Crippen LogP) is 15.2. The number of esters is 1. The summed E-state index contributed by atoms with van der Waals surface area (Å²) in [5, 5.41) is 0. The van der Waals surface area contributed by atoms with Gasteiger partial charge in [-0.05, 0) is 77.9 Å². The second kappa shape index (κ2) is 42.3. The fourth-order valence-corrected chi connectivity index (χ4v) is 8.09. The Morgan fingerprint density at radius 1 is 0.491 bits per heavy atom. The van der Waals surface area contributed by atoms with Gasteiger partial charge in [0, 0.05) is 25.1 Å². The Morgan fingerprint density at radius 3 is 1.45 bits per heavy atom. The number of allylic oxidation sites excluding steroid dienone is 1. The summed E-state index contributed by atoms with van der Waals surface area (Å²) in [6.45, 7) is 11.6.